The van der Waals surface area contributed by atoms with Crippen LogP contribution in [0, 0.1) is 6.92 Å². The van der Waals surface area contributed by atoms with Crippen molar-refractivity contribution in [1.82, 2.24) is 9.78 Å². The highest BCUT2D eigenvalue weighted by molar-refractivity contribution is 9.10. The van der Waals surface area contributed by atoms with E-state index in [1.165, 1.54) is 0 Å². The van der Waals surface area contributed by atoms with Crippen molar-refractivity contribution in [3.63, 3.8) is 0 Å². The Bertz CT molecular complexity index is 787. The predicted octanol–water partition coefficient (Wildman–Crippen LogP) is 5.25. The van der Waals surface area contributed by atoms with E-state index in [9.17, 15) is 0 Å². The number of hydrogen-bond donors (Lipinski definition) is 0. The van der Waals surface area contributed by atoms with Gasteiger partial charge in [-0.25, -0.2) is 9.07 Å². The molecule has 1 fully saturated rings. The number of aromatic nitrogens is 2. The van der Waals surface area contributed by atoms with Crippen molar-refractivity contribution in [2.24, 2.45) is 0 Å². The Morgan fingerprint density at radius 3 is 2.70 bits per heavy atom. The van der Waals surface area contributed by atoms with E-state index in [0.717, 1.165) is 21.6 Å². The number of ether oxygens (including phenoxy) is 2. The molecule has 1 aromatic carbocycles. The normalized spacial score (nSPS) is 17.6. The molecule has 4 nitrogen and oxygen atoms in total. The van der Waals surface area contributed by atoms with Gasteiger partial charge in [0.1, 0.15) is 6.73 Å². The quantitative estimate of drug-likeness (QED) is 0.403. The fourth-order valence-electron chi connectivity index (χ4n) is 3.29. The summed E-state index contributed by atoms with van der Waals surface area (Å²) in [7, 11) is -1.15. The van der Waals surface area contributed by atoms with E-state index in [1.807, 2.05) is 31.2 Å². The number of aryl methyl sites for hydroxylation is 1. The van der Waals surface area contributed by atoms with E-state index >= 15 is 4.39 Å². The van der Waals surface area contributed by atoms with E-state index in [4.69, 9.17) is 9.47 Å². The fraction of sp³-hybridized carbons (Fsp3) is 0.550. The van der Waals surface area contributed by atoms with Gasteiger partial charge in [0.15, 0.2) is 6.17 Å². The number of halogens is 2. The molecule has 0 bridgehead atoms. The summed E-state index contributed by atoms with van der Waals surface area (Å²) in [6.07, 6.45) is 0.515. The highest BCUT2D eigenvalue weighted by Gasteiger charge is 2.50. The van der Waals surface area contributed by atoms with Crippen LogP contribution in [0.4, 0.5) is 4.39 Å². The van der Waals surface area contributed by atoms with Crippen LogP contribution in [-0.2, 0) is 21.6 Å². The van der Waals surface area contributed by atoms with Gasteiger partial charge in [-0.15, -0.1) is 0 Å². The molecule has 7 heteroatoms. The van der Waals surface area contributed by atoms with Crippen LogP contribution in [0.15, 0.2) is 34.9 Å². The van der Waals surface area contributed by atoms with Gasteiger partial charge in [-0.05, 0) is 36.2 Å². The molecule has 2 aromatic rings. The first kappa shape index (κ1) is 20.7. The van der Waals surface area contributed by atoms with Crippen LogP contribution in [0.2, 0.25) is 25.7 Å². The summed E-state index contributed by atoms with van der Waals surface area (Å²) in [5.41, 5.74) is 1.70. The Hall–Kier alpha value is -1.02. The summed E-state index contributed by atoms with van der Waals surface area (Å²) in [5, 5.41) is 4.37. The molecule has 2 heterocycles. The van der Waals surface area contributed by atoms with E-state index in [2.05, 4.69) is 40.7 Å². The Balaban J connectivity index is 1.80. The highest BCUT2D eigenvalue weighted by Crippen LogP contribution is 2.47. The van der Waals surface area contributed by atoms with Crippen molar-refractivity contribution >= 4 is 24.0 Å². The van der Waals surface area contributed by atoms with Gasteiger partial charge in [-0.3, -0.25) is 0 Å². The Labute approximate surface area is 170 Å². The monoisotopic (exact) mass is 454 g/mol. The zero-order chi connectivity index (χ0) is 19.7. The molecule has 1 aliphatic rings. The van der Waals surface area contributed by atoms with Crippen molar-refractivity contribution in [2.45, 2.75) is 50.9 Å². The lowest BCUT2D eigenvalue weighted by atomic mass is 9.73. The van der Waals surface area contributed by atoms with Crippen molar-refractivity contribution in [3.05, 3.63) is 51.8 Å². The summed E-state index contributed by atoms with van der Waals surface area (Å²) in [6, 6.07) is 8.93. The Morgan fingerprint density at radius 1 is 1.37 bits per heavy atom. The molecule has 1 unspecified atom stereocenters. The van der Waals surface area contributed by atoms with E-state index in [1.54, 1.807) is 10.9 Å². The molecule has 0 spiro atoms. The predicted molar refractivity (Wildman–Crippen MR) is 112 cm³/mol. The standard InChI is InChI=1S/C20H28BrFN2O2Si/c1-15-11-23-24(14-25-8-9-27(2,3)4)18(15)19(22)20(12-26-13-20)16-6-5-7-17(21)10-16/h5-7,10-11,19H,8-9,12-14H2,1-4H3. The summed E-state index contributed by atoms with van der Waals surface area (Å²) in [4.78, 5) is 0. The molecule has 0 N–H and O–H groups in total. The maximum atomic E-state index is 15.9. The average molecular weight is 455 g/mol. The minimum Gasteiger partial charge on any atom is -0.379 e. The Morgan fingerprint density at radius 2 is 2.11 bits per heavy atom. The second-order valence-electron chi connectivity index (χ2n) is 8.58. The summed E-state index contributed by atoms with van der Waals surface area (Å²) in [6.45, 7) is 10.6. The van der Waals surface area contributed by atoms with Crippen molar-refractivity contribution < 1.29 is 13.9 Å². The molecule has 0 amide bonds. The SMILES string of the molecule is Cc1cnn(COCC[Si](C)(C)C)c1C(F)C1(c2cccc(Br)c2)COC1. The third-order valence-corrected chi connectivity index (χ3v) is 7.32. The molecule has 3 rings (SSSR count). The van der Waals surface area contributed by atoms with Gasteiger partial charge in [0, 0.05) is 19.2 Å². The van der Waals surface area contributed by atoms with Gasteiger partial charge in [-0.1, -0.05) is 47.7 Å². The molecule has 0 saturated carbocycles. The minimum atomic E-state index is -1.20. The number of nitrogens with zero attached hydrogens (tertiary/aromatic N) is 2. The fourth-order valence-corrected chi connectivity index (χ4v) is 4.45. The largest absolute Gasteiger partial charge is 0.379 e. The molecule has 0 radical (unpaired) electrons. The minimum absolute atomic E-state index is 0.281. The van der Waals surface area contributed by atoms with Crippen molar-refractivity contribution in [2.75, 3.05) is 19.8 Å². The molecular formula is C20H28BrFN2O2Si. The zero-order valence-electron chi connectivity index (χ0n) is 16.5. The first-order chi connectivity index (χ1) is 12.7. The number of hydrogen-bond acceptors (Lipinski definition) is 3. The van der Waals surface area contributed by atoms with Crippen LogP contribution in [0.3, 0.4) is 0 Å². The molecule has 148 valence electrons. The third-order valence-electron chi connectivity index (χ3n) is 5.13. The molecule has 1 atom stereocenters. The van der Waals surface area contributed by atoms with Crippen LogP contribution in [0.1, 0.15) is 23.0 Å². The maximum Gasteiger partial charge on any atom is 0.156 e. The van der Waals surface area contributed by atoms with E-state index in [-0.39, 0.29) is 6.73 Å². The van der Waals surface area contributed by atoms with Gasteiger partial charge in [0.2, 0.25) is 0 Å². The lowest BCUT2D eigenvalue weighted by Crippen LogP contribution is -2.50. The van der Waals surface area contributed by atoms with Crippen LogP contribution in [0.5, 0.6) is 0 Å². The van der Waals surface area contributed by atoms with Gasteiger partial charge >= 0.3 is 0 Å². The van der Waals surface area contributed by atoms with E-state index in [0.29, 0.717) is 25.5 Å². The second-order valence-corrected chi connectivity index (χ2v) is 15.1. The third kappa shape index (κ3) is 4.53. The Kier molecular flexibility index (Phi) is 6.25. The van der Waals surface area contributed by atoms with Crippen molar-refractivity contribution in [1.29, 1.82) is 0 Å². The first-order valence-electron chi connectivity index (χ1n) is 9.31. The topological polar surface area (TPSA) is 36.3 Å². The molecule has 1 aliphatic heterocycles. The number of rotatable bonds is 8. The van der Waals surface area contributed by atoms with Crippen LogP contribution >= 0.6 is 15.9 Å². The molecule has 1 saturated heterocycles. The van der Waals surface area contributed by atoms with Gasteiger partial charge in [-0.2, -0.15) is 5.10 Å². The first-order valence-corrected chi connectivity index (χ1v) is 13.8. The lowest BCUT2D eigenvalue weighted by Gasteiger charge is -2.44. The lowest BCUT2D eigenvalue weighted by molar-refractivity contribution is -0.102. The summed E-state index contributed by atoms with van der Waals surface area (Å²) in [5.74, 6) is 0. The van der Waals surface area contributed by atoms with Crippen LogP contribution in [-0.4, -0.2) is 37.7 Å². The summed E-state index contributed by atoms with van der Waals surface area (Å²) >= 11 is 3.50. The van der Waals surface area contributed by atoms with Crippen LogP contribution in [0.25, 0.3) is 0 Å². The molecule has 27 heavy (non-hydrogen) atoms. The van der Waals surface area contributed by atoms with Gasteiger partial charge in [0.25, 0.3) is 0 Å². The molecular weight excluding hydrogens is 427 g/mol. The zero-order valence-corrected chi connectivity index (χ0v) is 19.1. The van der Waals surface area contributed by atoms with Gasteiger partial charge < -0.3 is 9.47 Å². The van der Waals surface area contributed by atoms with Crippen molar-refractivity contribution in [3.8, 4) is 0 Å². The summed E-state index contributed by atoms with van der Waals surface area (Å²) < 4.78 is 29.8. The van der Waals surface area contributed by atoms with Crippen LogP contribution < -0.4 is 0 Å². The highest BCUT2D eigenvalue weighted by atomic mass is 79.9. The number of benzene rings is 1. The second kappa shape index (κ2) is 8.15. The van der Waals surface area contributed by atoms with Gasteiger partial charge in [0.05, 0.1) is 30.5 Å². The smallest absolute Gasteiger partial charge is 0.156 e. The molecule has 1 aromatic heterocycles. The maximum absolute atomic E-state index is 15.9. The van der Waals surface area contributed by atoms with E-state index < -0.39 is 19.7 Å². The average Bonchev–Trinajstić information content (AvgIpc) is 2.90. The molecule has 0 aliphatic carbocycles. The number of alkyl halides is 1.